The molecule has 4 heteroatoms. The predicted octanol–water partition coefficient (Wildman–Crippen LogP) is 4.82. The van der Waals surface area contributed by atoms with E-state index < -0.39 is 0 Å². The van der Waals surface area contributed by atoms with Crippen LogP contribution in [0.2, 0.25) is 0 Å². The van der Waals surface area contributed by atoms with Crippen LogP contribution in [0.25, 0.3) is 22.4 Å². The van der Waals surface area contributed by atoms with E-state index in [2.05, 4.69) is 44.5 Å². The first kappa shape index (κ1) is 16.0. The van der Waals surface area contributed by atoms with Crippen molar-refractivity contribution < 1.29 is 0 Å². The quantitative estimate of drug-likeness (QED) is 0.567. The largest absolute Gasteiger partial charge is 0.366 e. The Bertz CT molecular complexity index is 968. The zero-order valence-corrected chi connectivity index (χ0v) is 14.2. The molecular weight excluding hydrogens is 320 g/mol. The van der Waals surface area contributed by atoms with E-state index in [0.717, 1.165) is 28.2 Å². The Morgan fingerprint density at radius 1 is 0.692 bits per heavy atom. The number of rotatable bonds is 5. The van der Waals surface area contributed by atoms with Crippen molar-refractivity contribution in [3.8, 4) is 22.4 Å². The van der Waals surface area contributed by atoms with Gasteiger partial charge in [-0.25, -0.2) is 4.98 Å². The van der Waals surface area contributed by atoms with E-state index in [1.165, 1.54) is 5.56 Å². The minimum absolute atomic E-state index is 0.694. The lowest BCUT2D eigenvalue weighted by Gasteiger charge is -2.11. The predicted molar refractivity (Wildman–Crippen MR) is 104 cm³/mol. The van der Waals surface area contributed by atoms with Crippen molar-refractivity contribution in [2.75, 3.05) is 5.32 Å². The van der Waals surface area contributed by atoms with Gasteiger partial charge in [-0.2, -0.15) is 0 Å². The molecule has 3 aromatic heterocycles. The second-order valence-corrected chi connectivity index (χ2v) is 5.90. The first-order valence-electron chi connectivity index (χ1n) is 8.50. The molecule has 0 unspecified atom stereocenters. The molecular formula is C22H18N4. The van der Waals surface area contributed by atoms with E-state index in [-0.39, 0.29) is 0 Å². The van der Waals surface area contributed by atoms with E-state index in [1.54, 1.807) is 12.4 Å². The third kappa shape index (κ3) is 3.59. The van der Waals surface area contributed by atoms with Crippen molar-refractivity contribution in [2.24, 2.45) is 0 Å². The molecule has 0 fully saturated rings. The van der Waals surface area contributed by atoms with E-state index in [4.69, 9.17) is 0 Å². The van der Waals surface area contributed by atoms with Crippen molar-refractivity contribution in [3.05, 3.63) is 97.1 Å². The Labute approximate surface area is 152 Å². The molecule has 26 heavy (non-hydrogen) atoms. The molecule has 0 bridgehead atoms. The fourth-order valence-electron chi connectivity index (χ4n) is 2.83. The van der Waals surface area contributed by atoms with Crippen molar-refractivity contribution in [1.82, 2.24) is 15.0 Å². The molecule has 0 aliphatic heterocycles. The third-order valence-electron chi connectivity index (χ3n) is 4.18. The summed E-state index contributed by atoms with van der Waals surface area (Å²) in [6, 6.07) is 22.2. The number of aromatic nitrogens is 3. The Kier molecular flexibility index (Phi) is 4.65. The van der Waals surface area contributed by atoms with Crippen LogP contribution < -0.4 is 5.32 Å². The Hall–Kier alpha value is -3.53. The first-order valence-corrected chi connectivity index (χ1v) is 8.50. The van der Waals surface area contributed by atoms with Gasteiger partial charge in [0.05, 0.1) is 5.69 Å². The van der Waals surface area contributed by atoms with Crippen LogP contribution in [-0.2, 0) is 6.54 Å². The Balaban J connectivity index is 1.58. The minimum Gasteiger partial charge on any atom is -0.366 e. The number of hydrogen-bond donors (Lipinski definition) is 1. The van der Waals surface area contributed by atoms with Crippen LogP contribution in [0.4, 0.5) is 5.82 Å². The van der Waals surface area contributed by atoms with Crippen LogP contribution >= 0.6 is 0 Å². The second-order valence-electron chi connectivity index (χ2n) is 5.90. The summed E-state index contributed by atoms with van der Waals surface area (Å²) in [6.07, 6.45) is 7.31. The SMILES string of the molecule is c1ccc(NCc2ccccc2-c2ccc(-c3cccnc3)cn2)nc1. The smallest absolute Gasteiger partial charge is 0.126 e. The highest BCUT2D eigenvalue weighted by Crippen LogP contribution is 2.25. The molecule has 4 rings (SSSR count). The maximum absolute atomic E-state index is 4.67. The summed E-state index contributed by atoms with van der Waals surface area (Å²) in [5.41, 5.74) is 5.38. The second kappa shape index (κ2) is 7.57. The van der Waals surface area contributed by atoms with Gasteiger partial charge in [-0.3, -0.25) is 9.97 Å². The van der Waals surface area contributed by atoms with Gasteiger partial charge in [0.15, 0.2) is 0 Å². The fraction of sp³-hybridized carbons (Fsp3) is 0.0455. The zero-order chi connectivity index (χ0) is 17.6. The third-order valence-corrected chi connectivity index (χ3v) is 4.18. The van der Waals surface area contributed by atoms with Crippen molar-refractivity contribution in [1.29, 1.82) is 0 Å². The van der Waals surface area contributed by atoms with Gasteiger partial charge in [-0.05, 0) is 29.8 Å². The van der Waals surface area contributed by atoms with Gasteiger partial charge in [-0.1, -0.05) is 42.5 Å². The van der Waals surface area contributed by atoms with Gasteiger partial charge in [-0.15, -0.1) is 0 Å². The summed E-state index contributed by atoms with van der Waals surface area (Å²) in [5, 5.41) is 3.36. The van der Waals surface area contributed by atoms with Crippen LogP contribution in [0.3, 0.4) is 0 Å². The molecule has 0 radical (unpaired) electrons. The maximum Gasteiger partial charge on any atom is 0.126 e. The number of pyridine rings is 3. The first-order chi connectivity index (χ1) is 12.9. The molecule has 4 nitrogen and oxygen atoms in total. The average molecular weight is 338 g/mol. The normalized spacial score (nSPS) is 10.5. The van der Waals surface area contributed by atoms with Crippen LogP contribution in [0.5, 0.6) is 0 Å². The number of anilines is 1. The molecule has 1 aromatic carbocycles. The molecule has 0 atom stereocenters. The van der Waals surface area contributed by atoms with Gasteiger partial charge in [0.1, 0.15) is 5.82 Å². The van der Waals surface area contributed by atoms with E-state index >= 15 is 0 Å². The average Bonchev–Trinajstić information content (AvgIpc) is 2.74. The maximum atomic E-state index is 4.67. The zero-order valence-electron chi connectivity index (χ0n) is 14.2. The minimum atomic E-state index is 0.694. The Morgan fingerprint density at radius 3 is 2.35 bits per heavy atom. The molecule has 126 valence electrons. The summed E-state index contributed by atoms with van der Waals surface area (Å²) in [6.45, 7) is 0.694. The summed E-state index contributed by atoms with van der Waals surface area (Å²) in [5.74, 6) is 0.863. The summed E-state index contributed by atoms with van der Waals surface area (Å²) < 4.78 is 0. The van der Waals surface area contributed by atoms with Gasteiger partial charge >= 0.3 is 0 Å². The molecule has 0 aliphatic carbocycles. The number of hydrogen-bond acceptors (Lipinski definition) is 4. The topological polar surface area (TPSA) is 50.7 Å². The van der Waals surface area contributed by atoms with Crippen molar-refractivity contribution in [2.45, 2.75) is 6.54 Å². The summed E-state index contributed by atoms with van der Waals surface area (Å²) >= 11 is 0. The highest BCUT2D eigenvalue weighted by atomic mass is 15.0. The van der Waals surface area contributed by atoms with E-state index in [1.807, 2.05) is 54.9 Å². The number of nitrogens with zero attached hydrogens (tertiary/aromatic N) is 3. The highest BCUT2D eigenvalue weighted by molar-refractivity contribution is 5.68. The molecule has 0 saturated heterocycles. The number of nitrogens with one attached hydrogen (secondary N) is 1. The van der Waals surface area contributed by atoms with Crippen molar-refractivity contribution in [3.63, 3.8) is 0 Å². The molecule has 0 spiro atoms. The summed E-state index contributed by atoms with van der Waals surface area (Å²) in [4.78, 5) is 13.1. The van der Waals surface area contributed by atoms with Crippen LogP contribution in [0.15, 0.2) is 91.5 Å². The Morgan fingerprint density at radius 2 is 1.58 bits per heavy atom. The molecule has 0 aliphatic rings. The fourth-order valence-corrected chi connectivity index (χ4v) is 2.83. The molecule has 3 heterocycles. The monoisotopic (exact) mass is 338 g/mol. The lowest BCUT2D eigenvalue weighted by Crippen LogP contribution is -2.02. The van der Waals surface area contributed by atoms with Gasteiger partial charge < -0.3 is 5.32 Å². The van der Waals surface area contributed by atoms with Crippen LogP contribution in [-0.4, -0.2) is 15.0 Å². The molecule has 4 aromatic rings. The van der Waals surface area contributed by atoms with Gasteiger partial charge in [0.25, 0.3) is 0 Å². The summed E-state index contributed by atoms with van der Waals surface area (Å²) in [7, 11) is 0. The number of benzene rings is 1. The van der Waals surface area contributed by atoms with Crippen LogP contribution in [0.1, 0.15) is 5.56 Å². The van der Waals surface area contributed by atoms with Gasteiger partial charge in [0, 0.05) is 48.0 Å². The lowest BCUT2D eigenvalue weighted by atomic mass is 10.0. The van der Waals surface area contributed by atoms with Gasteiger partial charge in [0.2, 0.25) is 0 Å². The molecule has 0 saturated carbocycles. The van der Waals surface area contributed by atoms with Crippen LogP contribution in [0, 0.1) is 0 Å². The lowest BCUT2D eigenvalue weighted by molar-refractivity contribution is 1.11. The molecule has 0 amide bonds. The van der Waals surface area contributed by atoms with Crippen molar-refractivity contribution >= 4 is 5.82 Å². The molecule has 1 N–H and O–H groups in total. The van der Waals surface area contributed by atoms with E-state index in [9.17, 15) is 0 Å². The standard InChI is InChI=1S/C22H18N4/c1-2-8-20(19(6-1)16-26-22-9-3-4-13-24-22)21-11-10-18(15-25-21)17-7-5-12-23-14-17/h1-15H,16H2,(H,24,26). The highest BCUT2D eigenvalue weighted by Gasteiger charge is 2.07. The van der Waals surface area contributed by atoms with E-state index in [0.29, 0.717) is 6.54 Å².